The van der Waals surface area contributed by atoms with Crippen molar-refractivity contribution in [3.63, 3.8) is 0 Å². The second kappa shape index (κ2) is 6.40. The van der Waals surface area contributed by atoms with Crippen molar-refractivity contribution in [3.05, 3.63) is 0 Å². The molecule has 0 fully saturated rings. The SMILES string of the molecule is CCC(C(=O)NCC(C)C)C(=O)OC. The molecule has 0 spiro atoms. The standard InChI is InChI=1S/C10H19NO3/c1-5-8(10(13)14-4)9(12)11-6-7(2)3/h7-8H,5-6H2,1-4H3,(H,11,12). The summed E-state index contributed by atoms with van der Waals surface area (Å²) in [7, 11) is 1.29. The monoisotopic (exact) mass is 201 g/mol. The summed E-state index contributed by atoms with van der Waals surface area (Å²) in [5, 5.41) is 2.71. The zero-order chi connectivity index (χ0) is 11.1. The zero-order valence-corrected chi connectivity index (χ0v) is 9.29. The normalized spacial score (nSPS) is 12.4. The summed E-state index contributed by atoms with van der Waals surface area (Å²) in [6.45, 7) is 6.38. The van der Waals surface area contributed by atoms with Crippen LogP contribution in [0.25, 0.3) is 0 Å². The molecule has 0 heterocycles. The second-order valence-electron chi connectivity index (χ2n) is 3.62. The number of amides is 1. The van der Waals surface area contributed by atoms with Gasteiger partial charge in [0.25, 0.3) is 0 Å². The third kappa shape index (κ3) is 4.25. The van der Waals surface area contributed by atoms with Crippen molar-refractivity contribution < 1.29 is 14.3 Å². The van der Waals surface area contributed by atoms with E-state index in [4.69, 9.17) is 0 Å². The highest BCUT2D eigenvalue weighted by atomic mass is 16.5. The summed E-state index contributed by atoms with van der Waals surface area (Å²) in [6.07, 6.45) is 0.469. The average Bonchev–Trinajstić information content (AvgIpc) is 2.15. The Hall–Kier alpha value is -1.06. The van der Waals surface area contributed by atoms with Crippen molar-refractivity contribution in [1.29, 1.82) is 0 Å². The van der Waals surface area contributed by atoms with E-state index in [0.717, 1.165) is 0 Å². The van der Waals surface area contributed by atoms with Gasteiger partial charge in [0.05, 0.1) is 7.11 Å². The summed E-state index contributed by atoms with van der Waals surface area (Å²) < 4.78 is 4.53. The zero-order valence-electron chi connectivity index (χ0n) is 9.29. The highest BCUT2D eigenvalue weighted by Gasteiger charge is 2.25. The lowest BCUT2D eigenvalue weighted by molar-refractivity contribution is -0.150. The van der Waals surface area contributed by atoms with Gasteiger partial charge in [-0.15, -0.1) is 0 Å². The Morgan fingerprint density at radius 1 is 1.36 bits per heavy atom. The molecule has 0 rings (SSSR count). The van der Waals surface area contributed by atoms with Gasteiger partial charge in [-0.3, -0.25) is 9.59 Å². The van der Waals surface area contributed by atoms with Gasteiger partial charge in [-0.25, -0.2) is 0 Å². The van der Waals surface area contributed by atoms with Crippen LogP contribution in [0, 0.1) is 11.8 Å². The third-order valence-electron chi connectivity index (χ3n) is 1.89. The molecule has 4 heteroatoms. The first kappa shape index (κ1) is 12.9. The maximum Gasteiger partial charge on any atom is 0.318 e. The van der Waals surface area contributed by atoms with Crippen LogP contribution in [0.4, 0.5) is 0 Å². The number of ether oxygens (including phenoxy) is 1. The number of carbonyl (C=O) groups excluding carboxylic acids is 2. The molecule has 0 bridgehead atoms. The molecule has 0 saturated heterocycles. The highest BCUT2D eigenvalue weighted by Crippen LogP contribution is 2.05. The van der Waals surface area contributed by atoms with Crippen molar-refractivity contribution in [2.45, 2.75) is 27.2 Å². The Kier molecular flexibility index (Phi) is 5.92. The molecule has 0 aliphatic carbocycles. The molecule has 82 valence electrons. The minimum Gasteiger partial charge on any atom is -0.468 e. The number of esters is 1. The van der Waals surface area contributed by atoms with E-state index in [-0.39, 0.29) is 5.91 Å². The van der Waals surface area contributed by atoms with Gasteiger partial charge < -0.3 is 10.1 Å². The van der Waals surface area contributed by atoms with Gasteiger partial charge >= 0.3 is 5.97 Å². The molecule has 1 N–H and O–H groups in total. The van der Waals surface area contributed by atoms with Crippen molar-refractivity contribution >= 4 is 11.9 Å². The van der Waals surface area contributed by atoms with E-state index >= 15 is 0 Å². The fourth-order valence-electron chi connectivity index (χ4n) is 1.03. The first-order valence-electron chi connectivity index (χ1n) is 4.88. The Morgan fingerprint density at radius 3 is 2.29 bits per heavy atom. The highest BCUT2D eigenvalue weighted by molar-refractivity contribution is 5.97. The van der Waals surface area contributed by atoms with Crippen LogP contribution in [0.5, 0.6) is 0 Å². The first-order valence-corrected chi connectivity index (χ1v) is 4.88. The summed E-state index contributed by atoms with van der Waals surface area (Å²) in [5.41, 5.74) is 0. The molecule has 0 aromatic rings. The molecule has 1 unspecified atom stereocenters. The van der Waals surface area contributed by atoms with E-state index in [9.17, 15) is 9.59 Å². The second-order valence-corrected chi connectivity index (χ2v) is 3.62. The number of methoxy groups -OCH3 is 1. The van der Waals surface area contributed by atoms with Gasteiger partial charge in [0.2, 0.25) is 5.91 Å². The molecule has 0 radical (unpaired) electrons. The molecule has 0 aliphatic heterocycles. The van der Waals surface area contributed by atoms with E-state index in [1.165, 1.54) is 7.11 Å². The minimum atomic E-state index is -0.668. The Balaban J connectivity index is 4.11. The molecule has 0 aliphatic rings. The maximum absolute atomic E-state index is 11.5. The number of hydrogen-bond acceptors (Lipinski definition) is 3. The van der Waals surface area contributed by atoms with Crippen molar-refractivity contribution in [3.8, 4) is 0 Å². The molecule has 4 nitrogen and oxygen atoms in total. The quantitative estimate of drug-likeness (QED) is 0.532. The largest absolute Gasteiger partial charge is 0.468 e. The average molecular weight is 201 g/mol. The summed E-state index contributed by atoms with van der Waals surface area (Å²) in [5.74, 6) is -0.991. The van der Waals surface area contributed by atoms with Crippen LogP contribution in [0.2, 0.25) is 0 Å². The van der Waals surface area contributed by atoms with Gasteiger partial charge in [-0.1, -0.05) is 20.8 Å². The summed E-state index contributed by atoms with van der Waals surface area (Å²) in [6, 6.07) is 0. The van der Waals surface area contributed by atoms with E-state index in [1.807, 2.05) is 13.8 Å². The molecule has 1 amide bonds. The van der Waals surface area contributed by atoms with Crippen LogP contribution >= 0.6 is 0 Å². The topological polar surface area (TPSA) is 55.4 Å². The predicted octanol–water partition coefficient (Wildman–Crippen LogP) is 0.958. The Morgan fingerprint density at radius 2 is 1.93 bits per heavy atom. The van der Waals surface area contributed by atoms with Crippen LogP contribution in [0.15, 0.2) is 0 Å². The van der Waals surface area contributed by atoms with Crippen LogP contribution in [0.1, 0.15) is 27.2 Å². The summed E-state index contributed by atoms with van der Waals surface area (Å²) in [4.78, 5) is 22.6. The first-order chi connectivity index (χ1) is 6.52. The molecular weight excluding hydrogens is 182 g/mol. The molecule has 0 aromatic carbocycles. The van der Waals surface area contributed by atoms with E-state index < -0.39 is 11.9 Å². The molecule has 14 heavy (non-hydrogen) atoms. The van der Waals surface area contributed by atoms with Gasteiger partial charge in [0.15, 0.2) is 0 Å². The lowest BCUT2D eigenvalue weighted by Crippen LogP contribution is -2.37. The molecule has 0 aromatic heterocycles. The maximum atomic E-state index is 11.5. The predicted molar refractivity (Wildman–Crippen MR) is 53.6 cm³/mol. The number of carbonyl (C=O) groups is 2. The number of nitrogens with one attached hydrogen (secondary N) is 1. The van der Waals surface area contributed by atoms with Crippen LogP contribution in [-0.2, 0) is 14.3 Å². The Bertz CT molecular complexity index is 202. The smallest absolute Gasteiger partial charge is 0.318 e. The van der Waals surface area contributed by atoms with Gasteiger partial charge in [0.1, 0.15) is 5.92 Å². The minimum absolute atomic E-state index is 0.243. The number of rotatable bonds is 5. The molecule has 1 atom stereocenters. The number of hydrogen-bond donors (Lipinski definition) is 1. The van der Waals surface area contributed by atoms with Crippen LogP contribution in [0.3, 0.4) is 0 Å². The fraction of sp³-hybridized carbons (Fsp3) is 0.800. The van der Waals surface area contributed by atoms with E-state index in [1.54, 1.807) is 6.92 Å². The van der Waals surface area contributed by atoms with Gasteiger partial charge in [-0.05, 0) is 12.3 Å². The van der Waals surface area contributed by atoms with Crippen LogP contribution < -0.4 is 5.32 Å². The lowest BCUT2D eigenvalue weighted by Gasteiger charge is -2.13. The van der Waals surface area contributed by atoms with Gasteiger partial charge in [0, 0.05) is 6.54 Å². The van der Waals surface area contributed by atoms with Crippen molar-refractivity contribution in [1.82, 2.24) is 5.32 Å². The van der Waals surface area contributed by atoms with Crippen molar-refractivity contribution in [2.24, 2.45) is 11.8 Å². The molecular formula is C10H19NO3. The lowest BCUT2D eigenvalue weighted by atomic mass is 10.1. The van der Waals surface area contributed by atoms with Crippen molar-refractivity contribution in [2.75, 3.05) is 13.7 Å². The Labute approximate surface area is 85.0 Å². The van der Waals surface area contributed by atoms with E-state index in [0.29, 0.717) is 18.9 Å². The summed E-state index contributed by atoms with van der Waals surface area (Å²) >= 11 is 0. The third-order valence-corrected chi connectivity index (χ3v) is 1.89. The van der Waals surface area contributed by atoms with E-state index in [2.05, 4.69) is 10.1 Å². The van der Waals surface area contributed by atoms with Crippen LogP contribution in [-0.4, -0.2) is 25.5 Å². The van der Waals surface area contributed by atoms with Gasteiger partial charge in [-0.2, -0.15) is 0 Å². The molecule has 0 saturated carbocycles. The fourth-order valence-corrected chi connectivity index (χ4v) is 1.03.